The lowest BCUT2D eigenvalue weighted by atomic mass is 10.1. The number of hydrogen-bond acceptors (Lipinski definition) is 4. The number of H-pyrrole nitrogens is 1. The number of ether oxygens (including phenoxy) is 1. The van der Waals surface area contributed by atoms with Crippen molar-refractivity contribution in [1.82, 2.24) is 4.98 Å². The predicted octanol–water partition coefficient (Wildman–Crippen LogP) is -0.582. The van der Waals surface area contributed by atoms with Crippen LogP contribution in [0.5, 0.6) is 0 Å². The van der Waals surface area contributed by atoms with Gasteiger partial charge in [-0.05, 0) is 18.1 Å². The molecule has 1 heterocycles. The Bertz CT molecular complexity index is 372. The minimum absolute atomic E-state index is 0.209. The second-order valence-corrected chi connectivity index (χ2v) is 2.89. The summed E-state index contributed by atoms with van der Waals surface area (Å²) < 4.78 is 4.46. The molecule has 1 unspecified atom stereocenters. The van der Waals surface area contributed by atoms with E-state index < -0.39 is 12.0 Å². The van der Waals surface area contributed by atoms with Crippen molar-refractivity contribution in [1.29, 1.82) is 0 Å². The number of rotatable bonds is 3. The summed E-state index contributed by atoms with van der Waals surface area (Å²) in [5, 5.41) is 0. The summed E-state index contributed by atoms with van der Waals surface area (Å²) in [6, 6.07) is 2.38. The van der Waals surface area contributed by atoms with Crippen LogP contribution in [-0.2, 0) is 16.0 Å². The molecule has 0 saturated carbocycles. The fraction of sp³-hybridized carbons (Fsp3) is 0.333. The summed E-state index contributed by atoms with van der Waals surface area (Å²) in [6.07, 6.45) is 1.82. The lowest BCUT2D eigenvalue weighted by Gasteiger charge is -2.08. The molecule has 0 aliphatic carbocycles. The van der Waals surface area contributed by atoms with Gasteiger partial charge >= 0.3 is 5.97 Å². The van der Waals surface area contributed by atoms with Gasteiger partial charge in [0.25, 0.3) is 0 Å². The molecule has 0 aliphatic rings. The molecule has 0 radical (unpaired) electrons. The van der Waals surface area contributed by atoms with Crippen LogP contribution < -0.4 is 11.3 Å². The van der Waals surface area contributed by atoms with Crippen LogP contribution in [0.3, 0.4) is 0 Å². The second kappa shape index (κ2) is 4.57. The lowest BCUT2D eigenvalue weighted by Crippen LogP contribution is -2.33. The van der Waals surface area contributed by atoms with E-state index in [-0.39, 0.29) is 5.56 Å². The zero-order chi connectivity index (χ0) is 10.6. The van der Waals surface area contributed by atoms with Crippen LogP contribution in [-0.4, -0.2) is 24.1 Å². The Morgan fingerprint density at radius 1 is 1.71 bits per heavy atom. The molecule has 0 saturated heterocycles. The van der Waals surface area contributed by atoms with Crippen LogP contribution in [0.1, 0.15) is 5.56 Å². The van der Waals surface area contributed by atoms with Crippen molar-refractivity contribution in [2.75, 3.05) is 7.11 Å². The van der Waals surface area contributed by atoms with E-state index in [1.165, 1.54) is 19.4 Å². The van der Waals surface area contributed by atoms with E-state index in [2.05, 4.69) is 9.72 Å². The van der Waals surface area contributed by atoms with E-state index in [9.17, 15) is 9.59 Å². The van der Waals surface area contributed by atoms with Gasteiger partial charge in [-0.1, -0.05) is 0 Å². The quantitative estimate of drug-likeness (QED) is 0.633. The number of nitrogens with two attached hydrogens (primary N) is 1. The van der Waals surface area contributed by atoms with Crippen LogP contribution in [0.15, 0.2) is 23.1 Å². The predicted molar refractivity (Wildman–Crippen MR) is 50.8 cm³/mol. The first kappa shape index (κ1) is 10.5. The van der Waals surface area contributed by atoms with Crippen LogP contribution in [0.25, 0.3) is 0 Å². The van der Waals surface area contributed by atoms with Gasteiger partial charge in [-0.2, -0.15) is 0 Å². The molecule has 14 heavy (non-hydrogen) atoms. The maximum Gasteiger partial charge on any atom is 0.322 e. The highest BCUT2D eigenvalue weighted by Crippen LogP contribution is 1.98. The molecule has 1 atom stereocenters. The van der Waals surface area contributed by atoms with Gasteiger partial charge in [0.1, 0.15) is 6.04 Å². The summed E-state index contributed by atoms with van der Waals surface area (Å²) in [7, 11) is 1.28. The molecule has 0 bridgehead atoms. The van der Waals surface area contributed by atoms with E-state index in [0.717, 1.165) is 0 Å². The van der Waals surface area contributed by atoms with E-state index in [1.807, 2.05) is 0 Å². The fourth-order valence-corrected chi connectivity index (χ4v) is 1.10. The Morgan fingerprint density at radius 3 is 3.00 bits per heavy atom. The number of methoxy groups -OCH3 is 1. The highest BCUT2D eigenvalue weighted by molar-refractivity contribution is 5.75. The maximum atomic E-state index is 11.0. The van der Waals surface area contributed by atoms with Gasteiger partial charge in [0.05, 0.1) is 7.11 Å². The Kier molecular flexibility index (Phi) is 3.41. The third kappa shape index (κ3) is 2.70. The van der Waals surface area contributed by atoms with Crippen molar-refractivity contribution in [2.45, 2.75) is 12.5 Å². The number of pyridine rings is 1. The smallest absolute Gasteiger partial charge is 0.322 e. The minimum atomic E-state index is -0.721. The van der Waals surface area contributed by atoms with Crippen molar-refractivity contribution >= 4 is 5.97 Å². The number of esters is 1. The summed E-state index contributed by atoms with van der Waals surface area (Å²) in [5.74, 6) is -0.481. The minimum Gasteiger partial charge on any atom is -0.468 e. The second-order valence-electron chi connectivity index (χ2n) is 2.89. The molecular weight excluding hydrogens is 184 g/mol. The molecule has 3 N–H and O–H groups in total. The zero-order valence-corrected chi connectivity index (χ0v) is 7.82. The Hall–Kier alpha value is -1.62. The SMILES string of the molecule is COC(=O)C(N)Cc1cc[nH]c(=O)c1. The van der Waals surface area contributed by atoms with Gasteiger partial charge in [-0.25, -0.2) is 0 Å². The molecule has 0 amide bonds. The number of nitrogens with one attached hydrogen (secondary N) is 1. The van der Waals surface area contributed by atoms with E-state index in [4.69, 9.17) is 5.73 Å². The molecule has 5 nitrogen and oxygen atoms in total. The number of aromatic nitrogens is 1. The van der Waals surface area contributed by atoms with E-state index >= 15 is 0 Å². The zero-order valence-electron chi connectivity index (χ0n) is 7.82. The number of hydrogen-bond donors (Lipinski definition) is 2. The van der Waals surface area contributed by atoms with E-state index in [1.54, 1.807) is 6.07 Å². The Balaban J connectivity index is 2.69. The van der Waals surface area contributed by atoms with Crippen molar-refractivity contribution in [3.8, 4) is 0 Å². The molecular formula is C9H12N2O3. The molecule has 1 rings (SSSR count). The average Bonchev–Trinajstić information content (AvgIpc) is 2.16. The number of carbonyl (C=O) groups excluding carboxylic acids is 1. The van der Waals surface area contributed by atoms with Gasteiger partial charge in [-0.3, -0.25) is 9.59 Å². The largest absolute Gasteiger partial charge is 0.468 e. The van der Waals surface area contributed by atoms with Gasteiger partial charge in [0.15, 0.2) is 0 Å². The molecule has 1 aromatic heterocycles. The molecule has 0 spiro atoms. The van der Waals surface area contributed by atoms with Gasteiger partial charge in [0, 0.05) is 12.3 Å². The normalized spacial score (nSPS) is 12.1. The Labute approximate surface area is 80.9 Å². The van der Waals surface area contributed by atoms with Crippen molar-refractivity contribution in [3.63, 3.8) is 0 Å². The highest BCUT2D eigenvalue weighted by atomic mass is 16.5. The summed E-state index contributed by atoms with van der Waals surface area (Å²) in [6.45, 7) is 0. The highest BCUT2D eigenvalue weighted by Gasteiger charge is 2.13. The molecule has 76 valence electrons. The first-order valence-corrected chi connectivity index (χ1v) is 4.14. The summed E-state index contributed by atoms with van der Waals surface area (Å²) in [4.78, 5) is 24.3. The van der Waals surface area contributed by atoms with E-state index in [0.29, 0.717) is 12.0 Å². The van der Waals surface area contributed by atoms with Crippen LogP contribution in [0.2, 0.25) is 0 Å². The van der Waals surface area contributed by atoms with Crippen LogP contribution in [0, 0.1) is 0 Å². The van der Waals surface area contributed by atoms with Gasteiger partial charge < -0.3 is 15.5 Å². The van der Waals surface area contributed by atoms with Crippen molar-refractivity contribution < 1.29 is 9.53 Å². The molecule has 0 aliphatic heterocycles. The summed E-state index contributed by atoms with van der Waals surface area (Å²) in [5.41, 5.74) is 6.03. The molecule has 0 fully saturated rings. The first-order valence-electron chi connectivity index (χ1n) is 4.14. The number of aromatic amines is 1. The summed E-state index contributed by atoms with van der Waals surface area (Å²) >= 11 is 0. The van der Waals surface area contributed by atoms with Gasteiger partial charge in [-0.15, -0.1) is 0 Å². The molecule has 1 aromatic rings. The lowest BCUT2D eigenvalue weighted by molar-refractivity contribution is -0.142. The van der Waals surface area contributed by atoms with Crippen molar-refractivity contribution in [3.05, 3.63) is 34.2 Å². The third-order valence-corrected chi connectivity index (χ3v) is 1.80. The first-order chi connectivity index (χ1) is 6.63. The molecule has 0 aromatic carbocycles. The molecule has 5 heteroatoms. The number of carbonyl (C=O) groups is 1. The van der Waals surface area contributed by atoms with Gasteiger partial charge in [0.2, 0.25) is 5.56 Å². The topological polar surface area (TPSA) is 85.2 Å². The standard InChI is InChI=1S/C9H12N2O3/c1-14-9(13)7(10)4-6-2-3-11-8(12)5-6/h2-3,5,7H,4,10H2,1H3,(H,11,12). The van der Waals surface area contributed by atoms with Crippen molar-refractivity contribution in [2.24, 2.45) is 5.73 Å². The fourth-order valence-electron chi connectivity index (χ4n) is 1.10. The van der Waals surface area contributed by atoms with Crippen LogP contribution in [0.4, 0.5) is 0 Å². The Morgan fingerprint density at radius 2 is 2.43 bits per heavy atom. The third-order valence-electron chi connectivity index (χ3n) is 1.80. The maximum absolute atomic E-state index is 11.0. The monoisotopic (exact) mass is 196 g/mol. The van der Waals surface area contributed by atoms with Crippen LogP contribution >= 0.6 is 0 Å². The average molecular weight is 196 g/mol.